The molecular weight excluding hydrogens is 242 g/mol. The van der Waals surface area contributed by atoms with Gasteiger partial charge in [-0.1, -0.05) is 6.07 Å². The first-order valence-electron chi connectivity index (χ1n) is 5.64. The molecule has 19 heavy (non-hydrogen) atoms. The van der Waals surface area contributed by atoms with Crippen molar-refractivity contribution in [2.24, 2.45) is 0 Å². The van der Waals surface area contributed by atoms with Crippen LogP contribution in [-0.4, -0.2) is 6.61 Å². The maximum Gasteiger partial charge on any atom is 0.203 e. The molecule has 0 saturated heterocycles. The number of ether oxygens (including phenoxy) is 1. The van der Waals surface area contributed by atoms with Crippen LogP contribution in [0.2, 0.25) is 0 Å². The zero-order valence-corrected chi connectivity index (χ0v) is 10.1. The molecule has 0 fully saturated rings. The van der Waals surface area contributed by atoms with E-state index in [1.807, 2.05) is 24.3 Å². The Bertz CT molecular complexity index is 635. The van der Waals surface area contributed by atoms with Crippen molar-refractivity contribution in [2.75, 3.05) is 11.9 Å². The van der Waals surface area contributed by atoms with Gasteiger partial charge in [0.05, 0.1) is 6.54 Å². The number of hydrogen-bond donors (Lipinski definition) is 1. The van der Waals surface area contributed by atoms with Crippen LogP contribution in [0.1, 0.15) is 11.5 Å². The minimum absolute atomic E-state index is 0.0210. The van der Waals surface area contributed by atoms with Gasteiger partial charge in [-0.05, 0) is 24.3 Å². The normalized spacial score (nSPS) is 9.37. The van der Waals surface area contributed by atoms with Crippen molar-refractivity contribution in [3.8, 4) is 17.9 Å². The molecule has 0 aliphatic carbocycles. The molecule has 2 aromatic rings. The van der Waals surface area contributed by atoms with Crippen molar-refractivity contribution >= 4 is 5.69 Å². The molecule has 1 aromatic heterocycles. The van der Waals surface area contributed by atoms with Gasteiger partial charge in [-0.2, -0.15) is 10.5 Å². The van der Waals surface area contributed by atoms with Crippen LogP contribution in [-0.2, 0) is 6.54 Å². The largest absolute Gasteiger partial charge is 0.479 e. The Labute approximate surface area is 110 Å². The fourth-order valence-electron chi connectivity index (χ4n) is 1.53. The molecule has 1 N–H and O–H groups in total. The van der Waals surface area contributed by atoms with Crippen molar-refractivity contribution in [2.45, 2.75) is 6.54 Å². The number of benzene rings is 1. The van der Waals surface area contributed by atoms with Gasteiger partial charge in [0.25, 0.3) is 0 Å². The smallest absolute Gasteiger partial charge is 0.203 e. The summed E-state index contributed by atoms with van der Waals surface area (Å²) < 4.78 is 10.5. The molecule has 5 heteroatoms. The topological polar surface area (TPSA) is 82.0 Å². The van der Waals surface area contributed by atoms with Gasteiger partial charge in [0.2, 0.25) is 5.76 Å². The van der Waals surface area contributed by atoms with E-state index in [1.165, 1.54) is 0 Å². The summed E-state index contributed by atoms with van der Waals surface area (Å²) in [6, 6.07) is 14.5. The van der Waals surface area contributed by atoms with Gasteiger partial charge < -0.3 is 14.5 Å². The van der Waals surface area contributed by atoms with E-state index >= 15 is 0 Å². The molecule has 0 saturated carbocycles. The van der Waals surface area contributed by atoms with E-state index in [1.54, 1.807) is 24.3 Å². The Morgan fingerprint density at radius 2 is 2.11 bits per heavy atom. The van der Waals surface area contributed by atoms with Crippen molar-refractivity contribution in [3.63, 3.8) is 0 Å². The summed E-state index contributed by atoms with van der Waals surface area (Å²) in [5, 5.41) is 20.2. The zero-order chi connectivity index (χ0) is 13.5. The lowest BCUT2D eigenvalue weighted by atomic mass is 10.3. The standard InChI is InChI=1S/C14H11N3O2/c15-6-7-18-12-3-1-2-11(8-12)17-10-14-5-4-13(9-16)19-14/h1-5,8,17H,7,10H2. The SMILES string of the molecule is N#CCOc1cccc(NCc2ccc(C#N)o2)c1. The Kier molecular flexibility index (Phi) is 4.05. The van der Waals surface area contributed by atoms with Crippen LogP contribution in [0.3, 0.4) is 0 Å². The summed E-state index contributed by atoms with van der Waals surface area (Å²) in [5.74, 6) is 1.60. The minimum Gasteiger partial charge on any atom is -0.479 e. The fraction of sp³-hybridized carbons (Fsp3) is 0.143. The van der Waals surface area contributed by atoms with Crippen LogP contribution in [0.25, 0.3) is 0 Å². The summed E-state index contributed by atoms with van der Waals surface area (Å²) >= 11 is 0. The number of furan rings is 1. The summed E-state index contributed by atoms with van der Waals surface area (Å²) in [6.07, 6.45) is 0. The maximum absolute atomic E-state index is 8.65. The molecule has 0 bridgehead atoms. The Morgan fingerprint density at radius 3 is 2.84 bits per heavy atom. The molecule has 0 radical (unpaired) electrons. The number of anilines is 1. The highest BCUT2D eigenvalue weighted by atomic mass is 16.5. The highest BCUT2D eigenvalue weighted by Gasteiger charge is 2.01. The number of hydrogen-bond acceptors (Lipinski definition) is 5. The monoisotopic (exact) mass is 253 g/mol. The average Bonchev–Trinajstić information content (AvgIpc) is 2.91. The van der Waals surface area contributed by atoms with Gasteiger partial charge >= 0.3 is 0 Å². The van der Waals surface area contributed by atoms with Gasteiger partial charge in [0.15, 0.2) is 6.61 Å². The number of nitrogens with one attached hydrogen (secondary N) is 1. The van der Waals surface area contributed by atoms with Crippen molar-refractivity contribution < 1.29 is 9.15 Å². The van der Waals surface area contributed by atoms with Crippen LogP contribution >= 0.6 is 0 Å². The lowest BCUT2D eigenvalue weighted by Crippen LogP contribution is -1.99. The third-order valence-corrected chi connectivity index (χ3v) is 2.38. The van der Waals surface area contributed by atoms with E-state index < -0.39 is 0 Å². The third kappa shape index (κ3) is 3.52. The molecule has 1 aromatic carbocycles. The first kappa shape index (κ1) is 12.5. The molecule has 0 amide bonds. The molecule has 1 heterocycles. The van der Waals surface area contributed by atoms with Crippen molar-refractivity contribution in [3.05, 3.63) is 47.9 Å². The molecule has 0 aliphatic rings. The second kappa shape index (κ2) is 6.13. The van der Waals surface area contributed by atoms with E-state index in [4.69, 9.17) is 19.7 Å². The molecule has 2 rings (SSSR count). The Morgan fingerprint density at radius 1 is 1.21 bits per heavy atom. The third-order valence-electron chi connectivity index (χ3n) is 2.38. The van der Waals surface area contributed by atoms with E-state index in [9.17, 15) is 0 Å². The van der Waals surface area contributed by atoms with Crippen LogP contribution < -0.4 is 10.1 Å². The van der Waals surface area contributed by atoms with Gasteiger partial charge in [0, 0.05) is 11.8 Å². The lowest BCUT2D eigenvalue weighted by Gasteiger charge is -2.07. The first-order valence-corrected chi connectivity index (χ1v) is 5.64. The molecule has 0 unspecified atom stereocenters. The van der Waals surface area contributed by atoms with Crippen LogP contribution in [0.15, 0.2) is 40.8 Å². The quantitative estimate of drug-likeness (QED) is 0.885. The van der Waals surface area contributed by atoms with E-state index in [0.717, 1.165) is 5.69 Å². The molecule has 0 aliphatic heterocycles. The molecule has 0 atom stereocenters. The van der Waals surface area contributed by atoms with Crippen molar-refractivity contribution in [1.82, 2.24) is 0 Å². The fourth-order valence-corrected chi connectivity index (χ4v) is 1.53. The lowest BCUT2D eigenvalue weighted by molar-refractivity contribution is 0.368. The van der Waals surface area contributed by atoms with Gasteiger partial charge in [0.1, 0.15) is 23.6 Å². The molecule has 94 valence electrons. The van der Waals surface area contributed by atoms with E-state index in [-0.39, 0.29) is 6.61 Å². The molecular formula is C14H11N3O2. The molecule has 5 nitrogen and oxygen atoms in total. The average molecular weight is 253 g/mol. The van der Waals surface area contributed by atoms with Crippen LogP contribution in [0, 0.1) is 22.7 Å². The van der Waals surface area contributed by atoms with Gasteiger partial charge in [-0.25, -0.2) is 0 Å². The highest BCUT2D eigenvalue weighted by Crippen LogP contribution is 2.18. The second-order valence-corrected chi connectivity index (χ2v) is 3.71. The Hall–Kier alpha value is -2.92. The number of rotatable bonds is 5. The summed E-state index contributed by atoms with van der Waals surface area (Å²) in [5.41, 5.74) is 0.852. The van der Waals surface area contributed by atoms with Crippen molar-refractivity contribution in [1.29, 1.82) is 10.5 Å². The molecule has 0 spiro atoms. The summed E-state index contributed by atoms with van der Waals surface area (Å²) in [4.78, 5) is 0. The summed E-state index contributed by atoms with van der Waals surface area (Å²) in [7, 11) is 0. The predicted octanol–water partition coefficient (Wildman–Crippen LogP) is 2.67. The maximum atomic E-state index is 8.65. The Balaban J connectivity index is 1.96. The van der Waals surface area contributed by atoms with Crippen LogP contribution in [0.5, 0.6) is 5.75 Å². The van der Waals surface area contributed by atoms with Crippen LogP contribution in [0.4, 0.5) is 5.69 Å². The van der Waals surface area contributed by atoms with Gasteiger partial charge in [-0.15, -0.1) is 0 Å². The zero-order valence-electron chi connectivity index (χ0n) is 10.1. The second-order valence-electron chi connectivity index (χ2n) is 3.71. The first-order chi connectivity index (χ1) is 9.31. The highest BCUT2D eigenvalue weighted by molar-refractivity contribution is 5.48. The number of nitriles is 2. The minimum atomic E-state index is 0.0210. The predicted molar refractivity (Wildman–Crippen MR) is 68.3 cm³/mol. The summed E-state index contributed by atoms with van der Waals surface area (Å²) in [6.45, 7) is 0.497. The van der Waals surface area contributed by atoms with E-state index in [0.29, 0.717) is 23.8 Å². The van der Waals surface area contributed by atoms with Gasteiger partial charge in [-0.3, -0.25) is 0 Å². The van der Waals surface area contributed by atoms with E-state index in [2.05, 4.69) is 5.32 Å². The number of nitrogens with zero attached hydrogens (tertiary/aromatic N) is 2.